The Morgan fingerprint density at radius 1 is 0.821 bits per heavy atom. The van der Waals surface area contributed by atoms with Gasteiger partial charge < -0.3 is 29.0 Å². The number of nitrogens with one attached hydrogen (secondary N) is 1. The molecule has 12 heteroatoms. The molecule has 1 aliphatic heterocycles. The van der Waals surface area contributed by atoms with Gasteiger partial charge in [0, 0.05) is 27.7 Å². The second-order valence-corrected chi connectivity index (χ2v) is 6.09. The Hall–Kier alpha value is -2.40. The Bertz CT molecular complexity index is 625. The van der Waals surface area contributed by atoms with Crippen LogP contribution in [0.5, 0.6) is 0 Å². The second-order valence-electron chi connectivity index (χ2n) is 5.82. The van der Waals surface area contributed by atoms with Gasteiger partial charge in [0.25, 0.3) is 0 Å². The summed E-state index contributed by atoms with van der Waals surface area (Å²) in [5, 5.41) is 2.38. The normalized spacial score (nSPS) is 26.5. The maximum atomic E-state index is 11.7. The van der Waals surface area contributed by atoms with Gasteiger partial charge >= 0.3 is 23.9 Å². The minimum Gasteiger partial charge on any atom is -0.463 e. The molecule has 0 aromatic heterocycles. The van der Waals surface area contributed by atoms with Crippen molar-refractivity contribution < 1.29 is 47.7 Å². The van der Waals surface area contributed by atoms with Crippen LogP contribution in [0.3, 0.4) is 0 Å². The van der Waals surface area contributed by atoms with E-state index in [-0.39, 0.29) is 6.61 Å². The first-order valence-electron chi connectivity index (χ1n) is 8.21. The van der Waals surface area contributed by atoms with Crippen molar-refractivity contribution >= 4 is 41.4 Å². The van der Waals surface area contributed by atoms with Gasteiger partial charge in [-0.3, -0.25) is 24.0 Å². The Morgan fingerprint density at radius 2 is 1.32 bits per heavy atom. The zero-order valence-corrected chi connectivity index (χ0v) is 16.5. The van der Waals surface area contributed by atoms with Crippen molar-refractivity contribution in [3.05, 3.63) is 0 Å². The van der Waals surface area contributed by atoms with Crippen LogP contribution in [0, 0.1) is 0 Å². The number of alkyl halides is 1. The lowest BCUT2D eigenvalue weighted by atomic mass is 9.97. The third-order valence-electron chi connectivity index (χ3n) is 3.42. The van der Waals surface area contributed by atoms with E-state index in [1.165, 1.54) is 0 Å². The molecule has 158 valence electrons. The fourth-order valence-electron chi connectivity index (χ4n) is 2.54. The van der Waals surface area contributed by atoms with E-state index < -0.39 is 66.3 Å². The van der Waals surface area contributed by atoms with E-state index >= 15 is 0 Å². The second kappa shape index (κ2) is 10.8. The molecule has 0 aromatic carbocycles. The Labute approximate surface area is 165 Å². The molecule has 0 aliphatic carbocycles. The summed E-state index contributed by atoms with van der Waals surface area (Å²) in [6, 6.07) is 0. The van der Waals surface area contributed by atoms with E-state index in [2.05, 4.69) is 5.32 Å². The smallest absolute Gasteiger partial charge is 0.303 e. The molecule has 0 saturated carbocycles. The van der Waals surface area contributed by atoms with Crippen LogP contribution in [0.2, 0.25) is 0 Å². The molecule has 1 saturated heterocycles. The van der Waals surface area contributed by atoms with Crippen LogP contribution in [0.25, 0.3) is 0 Å². The summed E-state index contributed by atoms with van der Waals surface area (Å²) in [4.78, 5) is 57.6. The van der Waals surface area contributed by atoms with Crippen molar-refractivity contribution in [2.75, 3.05) is 12.5 Å². The van der Waals surface area contributed by atoms with Crippen molar-refractivity contribution in [2.24, 2.45) is 0 Å². The number of halogens is 1. The molecule has 0 unspecified atom stereocenters. The molecule has 0 radical (unpaired) electrons. The third kappa shape index (κ3) is 7.31. The minimum absolute atomic E-state index is 0.384. The van der Waals surface area contributed by atoms with Gasteiger partial charge in [-0.05, 0) is 0 Å². The number of amides is 1. The van der Waals surface area contributed by atoms with E-state index in [1.807, 2.05) is 0 Å². The summed E-state index contributed by atoms with van der Waals surface area (Å²) >= 11 is 5.48. The molecule has 1 aliphatic rings. The maximum absolute atomic E-state index is 11.7. The van der Waals surface area contributed by atoms with Gasteiger partial charge in [0.05, 0.1) is 0 Å². The number of carbonyl (C=O) groups excluding carboxylic acids is 5. The van der Waals surface area contributed by atoms with Gasteiger partial charge in [-0.15, -0.1) is 11.6 Å². The number of rotatable bonds is 7. The molecular formula is C16H22ClNO10. The fraction of sp³-hybridized carbons (Fsp3) is 0.688. The number of hydrogen-bond acceptors (Lipinski definition) is 10. The Balaban J connectivity index is 3.30. The number of esters is 4. The molecular weight excluding hydrogens is 402 g/mol. The Morgan fingerprint density at radius 3 is 1.79 bits per heavy atom. The van der Waals surface area contributed by atoms with Crippen LogP contribution in [0.15, 0.2) is 0 Å². The van der Waals surface area contributed by atoms with Gasteiger partial charge in [-0.2, -0.15) is 0 Å². The highest BCUT2D eigenvalue weighted by Crippen LogP contribution is 2.28. The van der Waals surface area contributed by atoms with Gasteiger partial charge in [0.2, 0.25) is 5.91 Å². The van der Waals surface area contributed by atoms with Crippen molar-refractivity contribution in [1.82, 2.24) is 5.32 Å². The van der Waals surface area contributed by atoms with Gasteiger partial charge in [0.15, 0.2) is 24.5 Å². The summed E-state index contributed by atoms with van der Waals surface area (Å²) in [6.45, 7) is 4.07. The summed E-state index contributed by atoms with van der Waals surface area (Å²) in [5.74, 6) is -4.01. The molecule has 1 N–H and O–H groups in total. The van der Waals surface area contributed by atoms with Crippen LogP contribution < -0.4 is 5.32 Å². The van der Waals surface area contributed by atoms with Crippen LogP contribution in [-0.2, 0) is 47.7 Å². The van der Waals surface area contributed by atoms with Crippen molar-refractivity contribution in [3.8, 4) is 0 Å². The van der Waals surface area contributed by atoms with E-state index in [0.29, 0.717) is 0 Å². The van der Waals surface area contributed by atoms with Crippen molar-refractivity contribution in [1.29, 1.82) is 0 Å². The van der Waals surface area contributed by atoms with E-state index in [9.17, 15) is 24.0 Å². The lowest BCUT2D eigenvalue weighted by Gasteiger charge is -2.44. The number of hydrogen-bond donors (Lipinski definition) is 1. The first kappa shape index (κ1) is 23.6. The van der Waals surface area contributed by atoms with Gasteiger partial charge in [0.1, 0.15) is 18.6 Å². The average Bonchev–Trinajstić information content (AvgIpc) is 2.57. The monoisotopic (exact) mass is 423 g/mol. The number of carbonyl (C=O) groups is 5. The average molecular weight is 424 g/mol. The highest BCUT2D eigenvalue weighted by Gasteiger charge is 2.52. The topological polar surface area (TPSA) is 144 Å². The zero-order valence-electron chi connectivity index (χ0n) is 15.8. The maximum Gasteiger partial charge on any atom is 0.303 e. The molecule has 0 bridgehead atoms. The van der Waals surface area contributed by atoms with Gasteiger partial charge in [-0.1, -0.05) is 0 Å². The van der Waals surface area contributed by atoms with Crippen LogP contribution in [-0.4, -0.2) is 72.9 Å². The summed E-state index contributed by atoms with van der Waals surface area (Å²) in [6.07, 6.45) is -6.43. The summed E-state index contributed by atoms with van der Waals surface area (Å²) in [5.41, 5.74) is 0. The van der Waals surface area contributed by atoms with Crippen molar-refractivity contribution in [2.45, 2.75) is 58.3 Å². The SMILES string of the molecule is CC(=O)OC[C@H]1O[C@H](NC(=O)CCl)[C@@H](OC(C)=O)[C@@H](OC(C)=O)[C@@H]1OC(C)=O. The fourth-order valence-corrected chi connectivity index (χ4v) is 2.62. The lowest BCUT2D eigenvalue weighted by Crippen LogP contribution is -2.66. The zero-order chi connectivity index (χ0) is 21.4. The summed E-state index contributed by atoms with van der Waals surface area (Å²) in [7, 11) is 0. The van der Waals surface area contributed by atoms with Crippen LogP contribution >= 0.6 is 11.6 Å². The van der Waals surface area contributed by atoms with E-state index in [1.54, 1.807) is 0 Å². The predicted octanol–water partition coefficient (Wildman–Crippen LogP) is -0.575. The van der Waals surface area contributed by atoms with Crippen LogP contribution in [0.1, 0.15) is 27.7 Å². The highest BCUT2D eigenvalue weighted by atomic mass is 35.5. The quantitative estimate of drug-likeness (QED) is 0.321. The molecule has 1 fully saturated rings. The highest BCUT2D eigenvalue weighted by molar-refractivity contribution is 6.27. The molecule has 1 heterocycles. The molecule has 28 heavy (non-hydrogen) atoms. The van der Waals surface area contributed by atoms with E-state index in [0.717, 1.165) is 27.7 Å². The number of ether oxygens (including phenoxy) is 5. The molecule has 1 rings (SSSR count). The molecule has 11 nitrogen and oxygen atoms in total. The molecule has 1 amide bonds. The molecule has 0 spiro atoms. The standard InChI is InChI=1S/C16H22ClNO10/c1-7(19)24-6-11-13(25-8(2)20)14(26-9(3)21)15(27-10(4)22)16(28-11)18-12(23)5-17/h11,13-16H,5-6H2,1-4H3,(H,18,23)/t11-,13-,14+,15+,16+/m1/s1. The predicted molar refractivity (Wildman–Crippen MR) is 90.8 cm³/mol. The minimum atomic E-state index is -1.36. The Kier molecular flexibility index (Phi) is 9.13. The third-order valence-corrected chi connectivity index (χ3v) is 3.66. The first-order valence-corrected chi connectivity index (χ1v) is 8.74. The first-order chi connectivity index (χ1) is 13.0. The molecule has 5 atom stereocenters. The van der Waals surface area contributed by atoms with Gasteiger partial charge in [-0.25, -0.2) is 0 Å². The largest absolute Gasteiger partial charge is 0.463 e. The summed E-state index contributed by atoms with van der Waals surface area (Å²) < 4.78 is 26.1. The lowest BCUT2D eigenvalue weighted by molar-refractivity contribution is -0.256. The van der Waals surface area contributed by atoms with Crippen LogP contribution in [0.4, 0.5) is 0 Å². The molecule has 0 aromatic rings. The van der Waals surface area contributed by atoms with E-state index in [4.69, 9.17) is 35.3 Å². The van der Waals surface area contributed by atoms with Crippen molar-refractivity contribution in [3.63, 3.8) is 0 Å².